The topological polar surface area (TPSA) is 129 Å². The van der Waals surface area contributed by atoms with Gasteiger partial charge in [-0.1, -0.05) is 5.21 Å². The Hall–Kier alpha value is -2.33. The van der Waals surface area contributed by atoms with Gasteiger partial charge >= 0.3 is 0 Å². The maximum atomic E-state index is 11.0. The Labute approximate surface area is 127 Å². The molecule has 1 heterocycles. The zero-order chi connectivity index (χ0) is 15.4. The molecule has 0 saturated carbocycles. The summed E-state index contributed by atoms with van der Waals surface area (Å²) in [6, 6.07) is 4.60. The van der Waals surface area contributed by atoms with Gasteiger partial charge in [-0.05, 0) is 28.1 Å². The lowest BCUT2D eigenvalue weighted by Crippen LogP contribution is -2.29. The van der Waals surface area contributed by atoms with E-state index < -0.39 is 4.92 Å². The number of halogens is 1. The van der Waals surface area contributed by atoms with Gasteiger partial charge in [-0.2, -0.15) is 0 Å². The van der Waals surface area contributed by atoms with Gasteiger partial charge in [0.05, 0.1) is 34.4 Å². The number of rotatable bonds is 5. The quantitative estimate of drug-likeness (QED) is 0.594. The molecule has 0 atom stereocenters. The van der Waals surface area contributed by atoms with E-state index in [1.54, 1.807) is 18.3 Å². The molecule has 0 saturated heterocycles. The van der Waals surface area contributed by atoms with E-state index in [-0.39, 0.29) is 24.7 Å². The van der Waals surface area contributed by atoms with Crippen molar-refractivity contribution in [3.63, 3.8) is 0 Å². The Balaban J connectivity index is 2.19. The van der Waals surface area contributed by atoms with Crippen molar-refractivity contribution in [3.8, 4) is 5.69 Å². The number of aromatic nitrogens is 3. The number of hydrogen-bond donors (Lipinski definition) is 2. The third kappa shape index (κ3) is 3.61. The van der Waals surface area contributed by atoms with Crippen molar-refractivity contribution in [2.75, 3.05) is 6.54 Å². The Morgan fingerprint density at radius 3 is 2.95 bits per heavy atom. The van der Waals surface area contributed by atoms with Crippen LogP contribution in [0.2, 0.25) is 0 Å². The van der Waals surface area contributed by atoms with Crippen molar-refractivity contribution in [2.24, 2.45) is 5.73 Å². The molecule has 0 spiro atoms. The van der Waals surface area contributed by atoms with E-state index in [0.29, 0.717) is 15.9 Å². The maximum absolute atomic E-state index is 11.0. The van der Waals surface area contributed by atoms with Gasteiger partial charge < -0.3 is 11.1 Å². The van der Waals surface area contributed by atoms with Gasteiger partial charge in [0.15, 0.2) is 0 Å². The molecule has 3 N–H and O–H groups in total. The molecule has 0 aliphatic rings. The van der Waals surface area contributed by atoms with E-state index in [9.17, 15) is 14.9 Å². The molecular formula is C11H11BrN6O3. The number of amides is 1. The molecule has 21 heavy (non-hydrogen) atoms. The van der Waals surface area contributed by atoms with Crippen molar-refractivity contribution in [1.82, 2.24) is 20.3 Å². The first kappa shape index (κ1) is 15.1. The SMILES string of the molecule is NCC(=O)NCc1cn(-c2ccc(Br)c([N+](=O)[O-])c2)nn1. The number of nitro benzene ring substituents is 1. The van der Waals surface area contributed by atoms with Gasteiger partial charge in [0, 0.05) is 6.07 Å². The molecule has 10 heteroatoms. The van der Waals surface area contributed by atoms with Crippen LogP contribution in [-0.2, 0) is 11.3 Å². The van der Waals surface area contributed by atoms with Crippen LogP contribution in [0.25, 0.3) is 5.69 Å². The minimum Gasteiger partial charge on any atom is -0.349 e. The summed E-state index contributed by atoms with van der Waals surface area (Å²) in [5.74, 6) is -0.302. The first-order valence-electron chi connectivity index (χ1n) is 5.83. The fraction of sp³-hybridized carbons (Fsp3) is 0.182. The highest BCUT2D eigenvalue weighted by atomic mass is 79.9. The van der Waals surface area contributed by atoms with Crippen LogP contribution in [0.5, 0.6) is 0 Å². The lowest BCUT2D eigenvalue weighted by Gasteiger charge is -2.01. The van der Waals surface area contributed by atoms with Crippen LogP contribution in [0, 0.1) is 10.1 Å². The zero-order valence-corrected chi connectivity index (χ0v) is 12.3. The highest BCUT2D eigenvalue weighted by Crippen LogP contribution is 2.26. The number of carbonyl (C=O) groups excluding carboxylic acids is 1. The second-order valence-corrected chi connectivity index (χ2v) is 4.88. The van der Waals surface area contributed by atoms with Gasteiger partial charge in [-0.3, -0.25) is 14.9 Å². The van der Waals surface area contributed by atoms with Crippen LogP contribution in [0.3, 0.4) is 0 Å². The van der Waals surface area contributed by atoms with Crippen LogP contribution >= 0.6 is 15.9 Å². The number of carbonyl (C=O) groups is 1. The van der Waals surface area contributed by atoms with Gasteiger partial charge in [0.2, 0.25) is 5.91 Å². The van der Waals surface area contributed by atoms with E-state index >= 15 is 0 Å². The van der Waals surface area contributed by atoms with Crippen LogP contribution in [0.1, 0.15) is 5.69 Å². The van der Waals surface area contributed by atoms with Crippen LogP contribution in [0.15, 0.2) is 28.9 Å². The average molecular weight is 355 g/mol. The molecule has 2 rings (SSSR count). The fourth-order valence-corrected chi connectivity index (χ4v) is 1.94. The number of benzene rings is 1. The molecule has 0 unspecified atom stereocenters. The average Bonchev–Trinajstić information content (AvgIpc) is 2.93. The van der Waals surface area contributed by atoms with Gasteiger partial charge in [-0.15, -0.1) is 5.10 Å². The lowest BCUT2D eigenvalue weighted by atomic mass is 10.3. The molecule has 0 radical (unpaired) electrons. The molecule has 0 bridgehead atoms. The summed E-state index contributed by atoms with van der Waals surface area (Å²) in [5, 5.41) is 21.2. The minimum absolute atomic E-state index is 0.0685. The lowest BCUT2D eigenvalue weighted by molar-refractivity contribution is -0.385. The molecule has 0 fully saturated rings. The Kier molecular flexibility index (Phi) is 4.60. The summed E-state index contributed by atoms with van der Waals surface area (Å²) in [6.07, 6.45) is 1.57. The maximum Gasteiger partial charge on any atom is 0.285 e. The summed E-state index contributed by atoms with van der Waals surface area (Å²) in [5.41, 5.74) is 6.11. The summed E-state index contributed by atoms with van der Waals surface area (Å²) in [6.45, 7) is 0.0850. The van der Waals surface area contributed by atoms with Gasteiger partial charge in [-0.25, -0.2) is 4.68 Å². The summed E-state index contributed by atoms with van der Waals surface area (Å²) in [7, 11) is 0. The smallest absolute Gasteiger partial charge is 0.285 e. The van der Waals surface area contributed by atoms with E-state index in [1.807, 2.05) is 0 Å². The molecule has 1 aromatic heterocycles. The number of nitrogens with zero attached hydrogens (tertiary/aromatic N) is 4. The highest BCUT2D eigenvalue weighted by Gasteiger charge is 2.14. The normalized spacial score (nSPS) is 10.4. The molecule has 0 aliphatic carbocycles. The third-order valence-corrected chi connectivity index (χ3v) is 3.25. The molecule has 2 aromatic rings. The Bertz CT molecular complexity index is 686. The van der Waals surface area contributed by atoms with Crippen LogP contribution in [0.4, 0.5) is 5.69 Å². The van der Waals surface area contributed by atoms with Crippen LogP contribution < -0.4 is 11.1 Å². The van der Waals surface area contributed by atoms with Crippen molar-refractivity contribution >= 4 is 27.5 Å². The number of hydrogen-bond acceptors (Lipinski definition) is 6. The largest absolute Gasteiger partial charge is 0.349 e. The highest BCUT2D eigenvalue weighted by molar-refractivity contribution is 9.10. The summed E-state index contributed by atoms with van der Waals surface area (Å²) >= 11 is 3.11. The van der Waals surface area contributed by atoms with Crippen molar-refractivity contribution in [1.29, 1.82) is 0 Å². The summed E-state index contributed by atoms with van der Waals surface area (Å²) in [4.78, 5) is 21.4. The first-order chi connectivity index (χ1) is 10.0. The zero-order valence-electron chi connectivity index (χ0n) is 10.7. The molecule has 9 nitrogen and oxygen atoms in total. The van der Waals surface area contributed by atoms with Crippen molar-refractivity contribution in [2.45, 2.75) is 6.54 Å². The van der Waals surface area contributed by atoms with Gasteiger partial charge in [0.1, 0.15) is 5.69 Å². The summed E-state index contributed by atoms with van der Waals surface area (Å²) < 4.78 is 1.77. The molecular weight excluding hydrogens is 344 g/mol. The standard InChI is InChI=1S/C11H11BrN6O3/c12-9-2-1-8(3-10(9)18(20)21)17-6-7(15-16-17)5-14-11(19)4-13/h1-3,6H,4-5,13H2,(H,14,19). The minimum atomic E-state index is -0.493. The van der Waals surface area contributed by atoms with Crippen molar-refractivity contribution in [3.05, 3.63) is 44.7 Å². The predicted octanol–water partition coefficient (Wildman–Crippen LogP) is 0.513. The number of nitrogens with one attached hydrogen (secondary N) is 1. The molecule has 0 aliphatic heterocycles. The molecule has 1 aromatic carbocycles. The van der Waals surface area contributed by atoms with Crippen molar-refractivity contribution < 1.29 is 9.72 Å². The first-order valence-corrected chi connectivity index (χ1v) is 6.63. The Morgan fingerprint density at radius 2 is 2.29 bits per heavy atom. The number of nitrogens with two attached hydrogens (primary N) is 1. The predicted molar refractivity (Wildman–Crippen MR) is 76.6 cm³/mol. The van der Waals surface area contributed by atoms with E-state index in [4.69, 9.17) is 5.73 Å². The van der Waals surface area contributed by atoms with E-state index in [0.717, 1.165) is 0 Å². The molecule has 1 amide bonds. The fourth-order valence-electron chi connectivity index (χ4n) is 1.55. The van der Waals surface area contributed by atoms with E-state index in [1.165, 1.54) is 10.7 Å². The van der Waals surface area contributed by atoms with E-state index in [2.05, 4.69) is 31.6 Å². The van der Waals surface area contributed by atoms with Gasteiger partial charge in [0.25, 0.3) is 5.69 Å². The second kappa shape index (κ2) is 6.41. The van der Waals surface area contributed by atoms with Crippen LogP contribution in [-0.4, -0.2) is 32.4 Å². The third-order valence-electron chi connectivity index (χ3n) is 2.58. The monoisotopic (exact) mass is 354 g/mol. The Morgan fingerprint density at radius 1 is 1.52 bits per heavy atom. The number of nitro groups is 1. The second-order valence-electron chi connectivity index (χ2n) is 4.03. The molecule has 110 valence electrons.